The SMILES string of the molecule is CCOCn1c(C(=O)c2cc(C)cc(C)n2)c(C(C)C)c(=O)[nH]c1=O. The number of ketones is 1. The highest BCUT2D eigenvalue weighted by Crippen LogP contribution is 2.18. The highest BCUT2D eigenvalue weighted by Gasteiger charge is 2.25. The Morgan fingerprint density at radius 3 is 2.52 bits per heavy atom. The number of aromatic nitrogens is 3. The number of H-pyrrole nitrogens is 1. The van der Waals surface area contributed by atoms with Crippen LogP contribution in [0.5, 0.6) is 0 Å². The van der Waals surface area contributed by atoms with E-state index in [4.69, 9.17) is 4.74 Å². The summed E-state index contributed by atoms with van der Waals surface area (Å²) in [5.74, 6) is -0.708. The molecule has 0 radical (unpaired) electrons. The Kier molecular flexibility index (Phi) is 5.69. The lowest BCUT2D eigenvalue weighted by Crippen LogP contribution is -2.38. The molecule has 0 unspecified atom stereocenters. The molecular weight excluding hydrogens is 322 g/mol. The minimum Gasteiger partial charge on any atom is -0.361 e. The van der Waals surface area contributed by atoms with Crippen molar-refractivity contribution in [3.63, 3.8) is 0 Å². The number of rotatable bonds is 6. The molecule has 0 amide bonds. The second-order valence-electron chi connectivity index (χ2n) is 6.23. The van der Waals surface area contributed by atoms with Crippen LogP contribution in [-0.2, 0) is 11.5 Å². The second-order valence-corrected chi connectivity index (χ2v) is 6.23. The van der Waals surface area contributed by atoms with Crippen LogP contribution in [0.15, 0.2) is 21.7 Å². The highest BCUT2D eigenvalue weighted by molar-refractivity contribution is 6.07. The number of carbonyl (C=O) groups excluding carboxylic acids is 1. The van der Waals surface area contributed by atoms with Gasteiger partial charge in [-0.1, -0.05) is 13.8 Å². The van der Waals surface area contributed by atoms with Crippen LogP contribution in [0, 0.1) is 13.8 Å². The van der Waals surface area contributed by atoms with Gasteiger partial charge in [0.15, 0.2) is 0 Å². The first kappa shape index (κ1) is 18.8. The fourth-order valence-corrected chi connectivity index (χ4v) is 2.75. The Morgan fingerprint density at radius 2 is 1.96 bits per heavy atom. The van der Waals surface area contributed by atoms with Crippen molar-refractivity contribution in [1.29, 1.82) is 0 Å². The van der Waals surface area contributed by atoms with Crippen molar-refractivity contribution in [2.75, 3.05) is 6.61 Å². The largest absolute Gasteiger partial charge is 0.361 e. The summed E-state index contributed by atoms with van der Waals surface area (Å²) in [7, 11) is 0. The molecule has 2 heterocycles. The standard InChI is InChI=1S/C18H23N3O4/c1-6-25-9-21-15(14(10(2)3)17(23)20-18(21)24)16(22)13-8-11(4)7-12(5)19-13/h7-8,10H,6,9H2,1-5H3,(H,20,23,24). The van der Waals surface area contributed by atoms with E-state index in [2.05, 4.69) is 9.97 Å². The van der Waals surface area contributed by atoms with Crippen molar-refractivity contribution < 1.29 is 9.53 Å². The van der Waals surface area contributed by atoms with Gasteiger partial charge in [-0.15, -0.1) is 0 Å². The Labute approximate surface area is 145 Å². The summed E-state index contributed by atoms with van der Waals surface area (Å²) in [6.07, 6.45) is 0. The number of pyridine rings is 1. The molecule has 0 aromatic carbocycles. The van der Waals surface area contributed by atoms with E-state index in [0.29, 0.717) is 12.3 Å². The molecule has 0 spiro atoms. The molecule has 0 saturated carbocycles. The smallest absolute Gasteiger partial charge is 0.330 e. The van der Waals surface area contributed by atoms with Crippen LogP contribution in [0.4, 0.5) is 0 Å². The number of carbonyl (C=O) groups is 1. The topological polar surface area (TPSA) is 94.1 Å². The lowest BCUT2D eigenvalue weighted by Gasteiger charge is -2.17. The number of hydrogen-bond donors (Lipinski definition) is 1. The monoisotopic (exact) mass is 345 g/mol. The number of nitrogens with one attached hydrogen (secondary N) is 1. The Hall–Kier alpha value is -2.54. The number of hydrogen-bond acceptors (Lipinski definition) is 5. The zero-order valence-electron chi connectivity index (χ0n) is 15.2. The van der Waals surface area contributed by atoms with Gasteiger partial charge in [0, 0.05) is 17.9 Å². The predicted octanol–water partition coefficient (Wildman–Crippen LogP) is 1.90. The van der Waals surface area contributed by atoms with E-state index in [9.17, 15) is 14.4 Å². The first-order valence-electron chi connectivity index (χ1n) is 8.21. The van der Waals surface area contributed by atoms with Crippen molar-refractivity contribution in [3.8, 4) is 0 Å². The second kappa shape index (κ2) is 7.57. The zero-order chi connectivity index (χ0) is 18.7. The highest BCUT2D eigenvalue weighted by atomic mass is 16.5. The van der Waals surface area contributed by atoms with E-state index >= 15 is 0 Å². The maximum atomic E-state index is 13.1. The number of aromatic amines is 1. The molecule has 0 aliphatic carbocycles. The molecule has 0 bridgehead atoms. The maximum Gasteiger partial charge on any atom is 0.330 e. The summed E-state index contributed by atoms with van der Waals surface area (Å²) < 4.78 is 6.49. The lowest BCUT2D eigenvalue weighted by molar-refractivity contribution is 0.0782. The van der Waals surface area contributed by atoms with Gasteiger partial charge in [0.2, 0.25) is 5.78 Å². The van der Waals surface area contributed by atoms with E-state index in [0.717, 1.165) is 5.56 Å². The van der Waals surface area contributed by atoms with Crippen LogP contribution >= 0.6 is 0 Å². The lowest BCUT2D eigenvalue weighted by atomic mass is 9.98. The maximum absolute atomic E-state index is 13.1. The zero-order valence-corrected chi connectivity index (χ0v) is 15.2. The van der Waals surface area contributed by atoms with Crippen LogP contribution in [0.1, 0.15) is 59.7 Å². The molecule has 134 valence electrons. The van der Waals surface area contributed by atoms with E-state index in [1.807, 2.05) is 13.0 Å². The van der Waals surface area contributed by atoms with Crippen molar-refractivity contribution in [2.45, 2.75) is 47.3 Å². The molecule has 2 aromatic heterocycles. The van der Waals surface area contributed by atoms with Gasteiger partial charge in [0.25, 0.3) is 5.56 Å². The Morgan fingerprint density at radius 1 is 1.28 bits per heavy atom. The summed E-state index contributed by atoms with van der Waals surface area (Å²) >= 11 is 0. The minimum absolute atomic E-state index is 0.0368. The fourth-order valence-electron chi connectivity index (χ4n) is 2.75. The van der Waals surface area contributed by atoms with Gasteiger partial charge >= 0.3 is 5.69 Å². The molecule has 7 nitrogen and oxygen atoms in total. The normalized spacial score (nSPS) is 11.1. The quantitative estimate of drug-likeness (QED) is 0.807. The average molecular weight is 345 g/mol. The van der Waals surface area contributed by atoms with Gasteiger partial charge in [0.1, 0.15) is 18.1 Å². The van der Waals surface area contributed by atoms with Crippen molar-refractivity contribution in [2.24, 2.45) is 0 Å². The summed E-state index contributed by atoms with van der Waals surface area (Å²) in [5.41, 5.74) is 0.842. The number of nitrogens with zero attached hydrogens (tertiary/aromatic N) is 2. The van der Waals surface area contributed by atoms with Crippen LogP contribution in [0.25, 0.3) is 0 Å². The molecule has 7 heteroatoms. The van der Waals surface area contributed by atoms with Gasteiger partial charge in [0.05, 0.1) is 0 Å². The summed E-state index contributed by atoms with van der Waals surface area (Å²) in [5, 5.41) is 0. The van der Waals surface area contributed by atoms with Gasteiger partial charge in [-0.2, -0.15) is 0 Å². The minimum atomic E-state index is -0.671. The molecule has 1 N–H and O–H groups in total. The van der Waals surface area contributed by atoms with Gasteiger partial charge < -0.3 is 4.74 Å². The summed E-state index contributed by atoms with van der Waals surface area (Å²) in [6, 6.07) is 3.50. The van der Waals surface area contributed by atoms with Crippen LogP contribution in [0.3, 0.4) is 0 Å². The summed E-state index contributed by atoms with van der Waals surface area (Å²) in [6.45, 7) is 9.29. The molecule has 0 fully saturated rings. The first-order valence-corrected chi connectivity index (χ1v) is 8.21. The van der Waals surface area contributed by atoms with Gasteiger partial charge in [-0.25, -0.2) is 9.78 Å². The van der Waals surface area contributed by atoms with E-state index in [1.54, 1.807) is 33.8 Å². The van der Waals surface area contributed by atoms with Crippen molar-refractivity contribution in [1.82, 2.24) is 14.5 Å². The van der Waals surface area contributed by atoms with Gasteiger partial charge in [-0.3, -0.25) is 19.1 Å². The third kappa shape index (κ3) is 3.93. The molecule has 0 saturated heterocycles. The van der Waals surface area contributed by atoms with Crippen LogP contribution in [-0.4, -0.2) is 26.9 Å². The van der Waals surface area contributed by atoms with E-state index in [1.165, 1.54) is 4.57 Å². The fraction of sp³-hybridized carbons (Fsp3) is 0.444. The summed E-state index contributed by atoms with van der Waals surface area (Å²) in [4.78, 5) is 44.3. The average Bonchev–Trinajstić information content (AvgIpc) is 2.51. The third-order valence-corrected chi connectivity index (χ3v) is 3.78. The molecule has 0 aliphatic rings. The van der Waals surface area contributed by atoms with E-state index in [-0.39, 0.29) is 29.6 Å². The molecule has 0 atom stereocenters. The molecular formula is C18H23N3O4. The third-order valence-electron chi connectivity index (χ3n) is 3.78. The Balaban J connectivity index is 2.77. The first-order chi connectivity index (χ1) is 11.8. The molecule has 2 rings (SSSR count). The number of ether oxygens (including phenoxy) is 1. The van der Waals surface area contributed by atoms with Crippen molar-refractivity contribution in [3.05, 3.63) is 61.2 Å². The van der Waals surface area contributed by atoms with Crippen LogP contribution in [0.2, 0.25) is 0 Å². The molecule has 0 aliphatic heterocycles. The Bertz CT molecular complexity index is 889. The van der Waals surface area contributed by atoms with Crippen LogP contribution < -0.4 is 11.2 Å². The number of aryl methyl sites for hydroxylation is 2. The van der Waals surface area contributed by atoms with Gasteiger partial charge in [-0.05, 0) is 44.4 Å². The molecule has 2 aromatic rings. The molecule has 25 heavy (non-hydrogen) atoms. The van der Waals surface area contributed by atoms with E-state index < -0.39 is 17.0 Å². The van der Waals surface area contributed by atoms with Crippen molar-refractivity contribution >= 4 is 5.78 Å². The predicted molar refractivity (Wildman–Crippen MR) is 94.2 cm³/mol.